The molecule has 1 aliphatic rings. The van der Waals surface area contributed by atoms with Crippen LogP contribution in [0.4, 0.5) is 0 Å². The van der Waals surface area contributed by atoms with Gasteiger partial charge in [0.15, 0.2) is 0 Å². The van der Waals surface area contributed by atoms with Crippen LogP contribution in [0, 0.1) is 17.8 Å². The molecule has 1 saturated carbocycles. The van der Waals surface area contributed by atoms with Gasteiger partial charge >= 0.3 is 0 Å². The lowest BCUT2D eigenvalue weighted by Crippen LogP contribution is -2.49. The molecule has 5 atom stereocenters. The number of carbonyl (C=O) groups is 1. The van der Waals surface area contributed by atoms with Crippen LogP contribution in [0.3, 0.4) is 0 Å². The summed E-state index contributed by atoms with van der Waals surface area (Å²) >= 11 is 0. The Balaban J connectivity index is 2.41. The van der Waals surface area contributed by atoms with E-state index in [9.17, 15) is 4.79 Å². The molecule has 0 heterocycles. The van der Waals surface area contributed by atoms with E-state index < -0.39 is 0 Å². The first-order chi connectivity index (χ1) is 7.95. The van der Waals surface area contributed by atoms with Gasteiger partial charge < -0.3 is 11.1 Å². The van der Waals surface area contributed by atoms with Gasteiger partial charge in [0.25, 0.3) is 0 Å². The van der Waals surface area contributed by atoms with Crippen LogP contribution in [0.2, 0.25) is 0 Å². The van der Waals surface area contributed by atoms with Gasteiger partial charge in [-0.3, -0.25) is 4.79 Å². The highest BCUT2D eigenvalue weighted by atomic mass is 16.2. The van der Waals surface area contributed by atoms with Crippen molar-refractivity contribution < 1.29 is 4.79 Å². The molecule has 3 unspecified atom stereocenters. The summed E-state index contributed by atoms with van der Waals surface area (Å²) in [5.74, 6) is 1.78. The predicted octanol–water partition coefficient (Wildman–Crippen LogP) is 2.30. The minimum atomic E-state index is -0.352. The maximum atomic E-state index is 12.0. The van der Waals surface area contributed by atoms with Crippen molar-refractivity contribution >= 4 is 5.91 Å². The molecule has 3 nitrogen and oxygen atoms in total. The number of carbonyl (C=O) groups excluding carboxylic acids is 1. The first-order valence-electron chi connectivity index (χ1n) is 7.01. The summed E-state index contributed by atoms with van der Waals surface area (Å²) in [6.45, 7) is 8.68. The summed E-state index contributed by atoms with van der Waals surface area (Å²) in [5.41, 5.74) is 5.94. The number of amides is 1. The molecular formula is C14H28N2O. The zero-order valence-electron chi connectivity index (χ0n) is 11.7. The van der Waals surface area contributed by atoms with Gasteiger partial charge in [0.2, 0.25) is 5.91 Å². The normalized spacial score (nSPS) is 32.9. The Labute approximate surface area is 106 Å². The van der Waals surface area contributed by atoms with Gasteiger partial charge in [-0.2, -0.15) is 0 Å². The van der Waals surface area contributed by atoms with Crippen LogP contribution in [-0.2, 0) is 4.79 Å². The fourth-order valence-electron chi connectivity index (χ4n) is 2.49. The van der Waals surface area contributed by atoms with Crippen LogP contribution in [0.15, 0.2) is 0 Å². The number of nitrogens with two attached hydrogens (primary N) is 1. The standard InChI is InChI=1S/C14H28N2O/c1-5-9(2)13(15)14(17)16-12-7-6-10(3)11(4)8-12/h9-13H,5-8,15H2,1-4H3,(H,16,17)/t9-,10?,11?,12?,13-/m0/s1. The highest BCUT2D eigenvalue weighted by molar-refractivity contribution is 5.82. The Hall–Kier alpha value is -0.570. The van der Waals surface area contributed by atoms with E-state index in [2.05, 4.69) is 26.1 Å². The lowest BCUT2D eigenvalue weighted by Gasteiger charge is -2.33. The Morgan fingerprint density at radius 2 is 2.00 bits per heavy atom. The molecule has 1 aliphatic carbocycles. The van der Waals surface area contributed by atoms with Crippen LogP contribution >= 0.6 is 0 Å². The summed E-state index contributed by atoms with van der Waals surface area (Å²) < 4.78 is 0. The van der Waals surface area contributed by atoms with Crippen molar-refractivity contribution in [3.05, 3.63) is 0 Å². The largest absolute Gasteiger partial charge is 0.352 e. The van der Waals surface area contributed by atoms with Crippen LogP contribution in [0.1, 0.15) is 53.4 Å². The number of nitrogens with one attached hydrogen (secondary N) is 1. The molecule has 0 radical (unpaired) electrons. The molecule has 0 aromatic heterocycles. The smallest absolute Gasteiger partial charge is 0.237 e. The van der Waals surface area contributed by atoms with Crippen molar-refractivity contribution in [2.45, 2.75) is 65.5 Å². The fraction of sp³-hybridized carbons (Fsp3) is 0.929. The molecular weight excluding hydrogens is 212 g/mol. The van der Waals surface area contributed by atoms with E-state index in [-0.39, 0.29) is 17.9 Å². The van der Waals surface area contributed by atoms with Gasteiger partial charge in [-0.1, -0.05) is 34.1 Å². The Morgan fingerprint density at radius 3 is 2.53 bits per heavy atom. The highest BCUT2D eigenvalue weighted by Gasteiger charge is 2.27. The van der Waals surface area contributed by atoms with Gasteiger partial charge in [0, 0.05) is 6.04 Å². The summed E-state index contributed by atoms with van der Waals surface area (Å²) in [7, 11) is 0. The maximum Gasteiger partial charge on any atom is 0.237 e. The summed E-state index contributed by atoms with van der Waals surface area (Å²) in [4.78, 5) is 12.0. The zero-order valence-corrected chi connectivity index (χ0v) is 11.7. The van der Waals surface area contributed by atoms with Gasteiger partial charge in [-0.25, -0.2) is 0 Å². The summed E-state index contributed by atoms with van der Waals surface area (Å²) in [6, 6.07) is -0.0153. The molecule has 3 N–H and O–H groups in total. The van der Waals surface area contributed by atoms with Crippen molar-refractivity contribution in [3.8, 4) is 0 Å². The number of rotatable bonds is 4. The molecule has 0 saturated heterocycles. The van der Waals surface area contributed by atoms with E-state index in [0.29, 0.717) is 12.0 Å². The van der Waals surface area contributed by atoms with E-state index in [4.69, 9.17) is 5.73 Å². The van der Waals surface area contributed by atoms with E-state index >= 15 is 0 Å². The van der Waals surface area contributed by atoms with Crippen LogP contribution in [-0.4, -0.2) is 18.0 Å². The van der Waals surface area contributed by atoms with Crippen LogP contribution in [0.5, 0.6) is 0 Å². The number of hydrogen-bond donors (Lipinski definition) is 2. The molecule has 0 aromatic carbocycles. The number of hydrogen-bond acceptors (Lipinski definition) is 2. The Morgan fingerprint density at radius 1 is 1.35 bits per heavy atom. The van der Waals surface area contributed by atoms with Gasteiger partial charge in [-0.15, -0.1) is 0 Å². The molecule has 0 aliphatic heterocycles. The van der Waals surface area contributed by atoms with Crippen molar-refractivity contribution in [3.63, 3.8) is 0 Å². The molecule has 1 rings (SSSR count). The summed E-state index contributed by atoms with van der Waals surface area (Å²) in [5, 5.41) is 3.12. The molecule has 17 heavy (non-hydrogen) atoms. The molecule has 3 heteroatoms. The van der Waals surface area contributed by atoms with E-state index in [1.54, 1.807) is 0 Å². The second kappa shape index (κ2) is 6.39. The molecule has 0 aromatic rings. The second-order valence-electron chi connectivity index (χ2n) is 5.88. The van der Waals surface area contributed by atoms with E-state index in [1.165, 1.54) is 6.42 Å². The topological polar surface area (TPSA) is 55.1 Å². The van der Waals surface area contributed by atoms with Crippen molar-refractivity contribution in [1.29, 1.82) is 0 Å². The van der Waals surface area contributed by atoms with Gasteiger partial charge in [0.1, 0.15) is 0 Å². The molecule has 100 valence electrons. The van der Waals surface area contributed by atoms with Gasteiger partial charge in [-0.05, 0) is 37.0 Å². The SMILES string of the molecule is CC[C@H](C)[C@H](N)C(=O)NC1CCC(C)C(C)C1. The van der Waals surface area contributed by atoms with Crippen LogP contribution in [0.25, 0.3) is 0 Å². The molecule has 0 bridgehead atoms. The Bertz CT molecular complexity index is 255. The lowest BCUT2D eigenvalue weighted by molar-refractivity contribution is -0.124. The Kier molecular flexibility index (Phi) is 5.44. The average Bonchev–Trinajstić information content (AvgIpc) is 2.31. The van der Waals surface area contributed by atoms with E-state index in [0.717, 1.165) is 25.2 Å². The lowest BCUT2D eigenvalue weighted by atomic mass is 9.79. The average molecular weight is 240 g/mol. The molecule has 0 spiro atoms. The highest BCUT2D eigenvalue weighted by Crippen LogP contribution is 2.29. The quantitative estimate of drug-likeness (QED) is 0.792. The third kappa shape index (κ3) is 3.98. The van der Waals surface area contributed by atoms with E-state index in [1.807, 2.05) is 6.92 Å². The minimum absolute atomic E-state index is 0.0334. The molecule has 1 amide bonds. The first kappa shape index (κ1) is 14.5. The van der Waals surface area contributed by atoms with Crippen molar-refractivity contribution in [2.24, 2.45) is 23.5 Å². The zero-order chi connectivity index (χ0) is 13.0. The third-order valence-electron chi connectivity index (χ3n) is 4.50. The van der Waals surface area contributed by atoms with Crippen molar-refractivity contribution in [1.82, 2.24) is 5.32 Å². The first-order valence-corrected chi connectivity index (χ1v) is 7.01. The maximum absolute atomic E-state index is 12.0. The van der Waals surface area contributed by atoms with Crippen molar-refractivity contribution in [2.75, 3.05) is 0 Å². The van der Waals surface area contributed by atoms with Crippen LogP contribution < -0.4 is 11.1 Å². The van der Waals surface area contributed by atoms with Gasteiger partial charge in [0.05, 0.1) is 6.04 Å². The third-order valence-corrected chi connectivity index (χ3v) is 4.50. The minimum Gasteiger partial charge on any atom is -0.352 e. The summed E-state index contributed by atoms with van der Waals surface area (Å²) in [6.07, 6.45) is 4.36. The molecule has 1 fully saturated rings. The second-order valence-corrected chi connectivity index (χ2v) is 5.88. The predicted molar refractivity (Wildman–Crippen MR) is 71.5 cm³/mol. The fourth-order valence-corrected chi connectivity index (χ4v) is 2.49. The monoisotopic (exact) mass is 240 g/mol.